The summed E-state index contributed by atoms with van der Waals surface area (Å²) in [6, 6.07) is 0. The van der Waals surface area contributed by atoms with Crippen molar-refractivity contribution in [1.29, 1.82) is 0 Å². The van der Waals surface area contributed by atoms with Crippen LogP contribution < -0.4 is 5.32 Å². The van der Waals surface area contributed by atoms with Gasteiger partial charge < -0.3 is 19.7 Å². The Morgan fingerprint density at radius 1 is 0.958 bits per heavy atom. The Bertz CT molecular complexity index is 333. The summed E-state index contributed by atoms with van der Waals surface area (Å²) in [7, 11) is 5.18. The zero-order valence-corrected chi connectivity index (χ0v) is 16.8. The first kappa shape index (κ1) is 23.6. The van der Waals surface area contributed by atoms with Gasteiger partial charge in [-0.1, -0.05) is 35.4 Å². The van der Waals surface area contributed by atoms with Crippen LogP contribution in [-0.2, 0) is 19.1 Å². The maximum Gasteiger partial charge on any atom is 0.307 e. The van der Waals surface area contributed by atoms with E-state index in [1.165, 1.54) is 0 Å². The minimum atomic E-state index is -0.165. The highest BCUT2D eigenvalue weighted by Crippen LogP contribution is 2.20. The molecule has 0 bridgehead atoms. The standard InChI is InChI=1S/C16H32N2O4S2/c1-4-8-18(10-7-17-3)9-6-16(20)22-12-14-24-23-13-11-21-15(19)5-2/h17H,4-14H2,1-3H3. The van der Waals surface area contributed by atoms with E-state index < -0.39 is 0 Å². The summed E-state index contributed by atoms with van der Waals surface area (Å²) in [4.78, 5) is 24.9. The molecule has 0 radical (unpaired) electrons. The molecule has 0 fully saturated rings. The molecule has 0 amide bonds. The number of hydrogen-bond acceptors (Lipinski definition) is 8. The van der Waals surface area contributed by atoms with Crippen molar-refractivity contribution in [1.82, 2.24) is 10.2 Å². The molecule has 0 saturated carbocycles. The largest absolute Gasteiger partial charge is 0.465 e. The van der Waals surface area contributed by atoms with Gasteiger partial charge in [0.2, 0.25) is 0 Å². The van der Waals surface area contributed by atoms with E-state index >= 15 is 0 Å². The SMILES string of the molecule is CCCN(CCNC)CCC(=O)OCCSSCCOC(=O)CC. The predicted molar refractivity (Wildman–Crippen MR) is 102 cm³/mol. The van der Waals surface area contributed by atoms with Crippen molar-refractivity contribution in [3.63, 3.8) is 0 Å². The van der Waals surface area contributed by atoms with Gasteiger partial charge >= 0.3 is 11.9 Å². The van der Waals surface area contributed by atoms with Gasteiger partial charge in [0.15, 0.2) is 0 Å². The Morgan fingerprint density at radius 2 is 1.58 bits per heavy atom. The van der Waals surface area contributed by atoms with E-state index in [9.17, 15) is 9.59 Å². The van der Waals surface area contributed by atoms with Gasteiger partial charge in [-0.2, -0.15) is 0 Å². The molecule has 0 spiro atoms. The van der Waals surface area contributed by atoms with Crippen LogP contribution in [0, 0.1) is 0 Å². The maximum absolute atomic E-state index is 11.7. The molecule has 0 saturated heterocycles. The number of nitrogens with zero attached hydrogens (tertiary/aromatic N) is 1. The van der Waals surface area contributed by atoms with Gasteiger partial charge in [0.25, 0.3) is 0 Å². The lowest BCUT2D eigenvalue weighted by Gasteiger charge is -2.20. The predicted octanol–water partition coefficient (Wildman–Crippen LogP) is 2.19. The molecule has 0 aromatic carbocycles. The van der Waals surface area contributed by atoms with Gasteiger partial charge in [0.05, 0.1) is 6.42 Å². The molecule has 0 aromatic rings. The summed E-state index contributed by atoms with van der Waals surface area (Å²) in [6.45, 7) is 8.41. The van der Waals surface area contributed by atoms with E-state index in [-0.39, 0.29) is 11.9 Å². The monoisotopic (exact) mass is 380 g/mol. The lowest BCUT2D eigenvalue weighted by atomic mass is 10.3. The quantitative estimate of drug-likeness (QED) is 0.248. The van der Waals surface area contributed by atoms with Crippen LogP contribution in [0.5, 0.6) is 0 Å². The molecule has 0 aromatic heterocycles. The van der Waals surface area contributed by atoms with Crippen LogP contribution in [0.2, 0.25) is 0 Å². The fraction of sp³-hybridized carbons (Fsp3) is 0.875. The molecular weight excluding hydrogens is 348 g/mol. The van der Waals surface area contributed by atoms with Crippen molar-refractivity contribution in [2.45, 2.75) is 33.1 Å². The Hall–Kier alpha value is -0.440. The van der Waals surface area contributed by atoms with Gasteiger partial charge in [0.1, 0.15) is 13.2 Å². The lowest BCUT2D eigenvalue weighted by molar-refractivity contribution is -0.144. The van der Waals surface area contributed by atoms with Crippen LogP contribution in [0.3, 0.4) is 0 Å². The lowest BCUT2D eigenvalue weighted by Crippen LogP contribution is -2.33. The maximum atomic E-state index is 11.7. The molecule has 0 aliphatic heterocycles. The summed E-state index contributed by atoms with van der Waals surface area (Å²) >= 11 is 0. The molecule has 0 aliphatic rings. The van der Waals surface area contributed by atoms with E-state index in [4.69, 9.17) is 9.47 Å². The number of carbonyl (C=O) groups is 2. The van der Waals surface area contributed by atoms with Crippen molar-refractivity contribution in [3.05, 3.63) is 0 Å². The summed E-state index contributed by atoms with van der Waals surface area (Å²) in [5.74, 6) is 1.20. The van der Waals surface area contributed by atoms with Gasteiger partial charge in [-0.05, 0) is 20.0 Å². The van der Waals surface area contributed by atoms with Gasteiger partial charge in [-0.3, -0.25) is 9.59 Å². The third kappa shape index (κ3) is 15.1. The second-order valence-corrected chi connectivity index (χ2v) is 7.84. The molecule has 0 unspecified atom stereocenters. The first-order chi connectivity index (χ1) is 11.6. The van der Waals surface area contributed by atoms with E-state index in [0.29, 0.717) is 26.1 Å². The van der Waals surface area contributed by atoms with Gasteiger partial charge in [-0.15, -0.1) is 0 Å². The third-order valence-electron chi connectivity index (χ3n) is 3.08. The molecule has 6 nitrogen and oxygen atoms in total. The highest BCUT2D eigenvalue weighted by atomic mass is 33.1. The normalized spacial score (nSPS) is 10.8. The van der Waals surface area contributed by atoms with E-state index in [1.54, 1.807) is 28.5 Å². The Balaban J connectivity index is 3.52. The van der Waals surface area contributed by atoms with Gasteiger partial charge in [0, 0.05) is 37.6 Å². The van der Waals surface area contributed by atoms with Crippen LogP contribution in [0.25, 0.3) is 0 Å². The van der Waals surface area contributed by atoms with Crippen LogP contribution in [0.4, 0.5) is 0 Å². The van der Waals surface area contributed by atoms with Crippen molar-refractivity contribution in [2.75, 3.05) is 57.9 Å². The third-order valence-corrected chi connectivity index (χ3v) is 5.41. The average molecular weight is 381 g/mol. The van der Waals surface area contributed by atoms with Crippen LogP contribution in [-0.4, -0.2) is 74.8 Å². The molecule has 142 valence electrons. The van der Waals surface area contributed by atoms with Crippen molar-refractivity contribution in [2.24, 2.45) is 0 Å². The number of nitrogens with one attached hydrogen (secondary N) is 1. The second-order valence-electron chi connectivity index (χ2n) is 5.13. The average Bonchev–Trinajstić information content (AvgIpc) is 2.59. The minimum Gasteiger partial charge on any atom is -0.465 e. The highest BCUT2D eigenvalue weighted by molar-refractivity contribution is 8.76. The molecule has 0 heterocycles. The highest BCUT2D eigenvalue weighted by Gasteiger charge is 2.08. The Kier molecular flexibility index (Phi) is 17.1. The number of esters is 2. The molecule has 0 aliphatic carbocycles. The first-order valence-electron chi connectivity index (χ1n) is 8.56. The van der Waals surface area contributed by atoms with Crippen LogP contribution in [0.15, 0.2) is 0 Å². The Labute approximate surface area is 154 Å². The Morgan fingerprint density at radius 3 is 2.12 bits per heavy atom. The smallest absolute Gasteiger partial charge is 0.307 e. The van der Waals surface area contributed by atoms with Crippen molar-refractivity contribution in [3.8, 4) is 0 Å². The van der Waals surface area contributed by atoms with Crippen molar-refractivity contribution < 1.29 is 19.1 Å². The van der Waals surface area contributed by atoms with Crippen LogP contribution in [0.1, 0.15) is 33.1 Å². The van der Waals surface area contributed by atoms with Gasteiger partial charge in [-0.25, -0.2) is 0 Å². The zero-order valence-electron chi connectivity index (χ0n) is 15.2. The summed E-state index contributed by atoms with van der Waals surface area (Å²) < 4.78 is 10.2. The van der Waals surface area contributed by atoms with Crippen molar-refractivity contribution >= 4 is 33.5 Å². The molecular formula is C16H32N2O4S2. The summed E-state index contributed by atoms with van der Waals surface area (Å²) in [5, 5.41) is 3.13. The zero-order chi connectivity index (χ0) is 18.0. The first-order valence-corrected chi connectivity index (χ1v) is 11.0. The molecule has 0 atom stereocenters. The molecule has 8 heteroatoms. The molecule has 1 N–H and O–H groups in total. The number of rotatable bonds is 16. The summed E-state index contributed by atoms with van der Waals surface area (Å²) in [5.41, 5.74) is 0. The van der Waals surface area contributed by atoms with E-state index in [2.05, 4.69) is 17.1 Å². The van der Waals surface area contributed by atoms with E-state index in [1.807, 2.05) is 7.05 Å². The second kappa shape index (κ2) is 17.4. The fourth-order valence-corrected chi connectivity index (χ4v) is 3.50. The minimum absolute atomic E-state index is 0.136. The number of carbonyl (C=O) groups excluding carboxylic acids is 2. The molecule has 24 heavy (non-hydrogen) atoms. The van der Waals surface area contributed by atoms with E-state index in [0.717, 1.165) is 44.1 Å². The molecule has 0 rings (SSSR count). The topological polar surface area (TPSA) is 67.9 Å². The number of ether oxygens (including phenoxy) is 2. The number of likely N-dealkylation sites (N-methyl/N-ethyl adjacent to an activating group) is 1. The van der Waals surface area contributed by atoms with Crippen LogP contribution >= 0.6 is 21.6 Å². The fourth-order valence-electron chi connectivity index (χ4n) is 1.84. The summed E-state index contributed by atoms with van der Waals surface area (Å²) in [6.07, 6.45) is 1.94. The number of hydrogen-bond donors (Lipinski definition) is 1.